The predicted molar refractivity (Wildman–Crippen MR) is 43.3 cm³/mol. The zero-order chi connectivity index (χ0) is 8.69. The van der Waals surface area contributed by atoms with E-state index in [0.29, 0.717) is 5.75 Å². The van der Waals surface area contributed by atoms with Crippen molar-refractivity contribution in [3.05, 3.63) is 0 Å². The fraction of sp³-hybridized carbons (Fsp3) is 0.667. The Labute approximate surface area is 69.7 Å². The number of ether oxygens (including phenoxy) is 1. The largest absolute Gasteiger partial charge is 0.436 e. The monoisotopic (exact) mass is 177 g/mol. The van der Waals surface area contributed by atoms with Crippen LogP contribution in [-0.2, 0) is 9.53 Å². The van der Waals surface area contributed by atoms with E-state index in [1.54, 1.807) is 0 Å². The number of carbonyl (C=O) groups is 2. The Bertz CT molecular complexity index is 149. The topological polar surface area (TPSA) is 55.4 Å². The number of hydrogen-bond donors (Lipinski definition) is 1. The summed E-state index contributed by atoms with van der Waals surface area (Å²) in [6.07, 6.45) is 0. The van der Waals surface area contributed by atoms with E-state index in [9.17, 15) is 9.59 Å². The van der Waals surface area contributed by atoms with E-state index in [1.807, 2.05) is 6.92 Å². The quantitative estimate of drug-likeness (QED) is 0.515. The molecule has 64 valence electrons. The van der Waals surface area contributed by atoms with Crippen LogP contribution in [0.3, 0.4) is 0 Å². The van der Waals surface area contributed by atoms with Crippen LogP contribution in [0.25, 0.3) is 0 Å². The van der Waals surface area contributed by atoms with Crippen LogP contribution in [0.5, 0.6) is 0 Å². The Morgan fingerprint density at radius 2 is 2.18 bits per heavy atom. The summed E-state index contributed by atoms with van der Waals surface area (Å²) in [7, 11) is 0. The minimum Gasteiger partial charge on any atom is -0.436 e. The lowest BCUT2D eigenvalue weighted by Gasteiger charge is -2.02. The molecular weight excluding hydrogens is 166 g/mol. The van der Waals surface area contributed by atoms with Gasteiger partial charge in [-0.2, -0.15) is 0 Å². The highest BCUT2D eigenvalue weighted by Gasteiger charge is 2.00. The molecule has 5 heteroatoms. The van der Waals surface area contributed by atoms with E-state index in [1.165, 1.54) is 6.92 Å². The van der Waals surface area contributed by atoms with Crippen LogP contribution in [-0.4, -0.2) is 23.7 Å². The number of carbonyl (C=O) groups excluding carboxylic acids is 2. The summed E-state index contributed by atoms with van der Waals surface area (Å²) < 4.78 is 4.59. The first kappa shape index (κ1) is 10.3. The van der Waals surface area contributed by atoms with Crippen molar-refractivity contribution in [1.82, 2.24) is 5.32 Å². The number of hydrogen-bond acceptors (Lipinski definition) is 4. The van der Waals surface area contributed by atoms with Gasteiger partial charge in [-0.05, 0) is 11.8 Å². The van der Waals surface area contributed by atoms with Crippen LogP contribution < -0.4 is 5.32 Å². The molecular formula is C6H11NO3S. The molecule has 0 aromatic heterocycles. The highest BCUT2D eigenvalue weighted by atomic mass is 32.2. The maximum absolute atomic E-state index is 10.6. The third-order valence-electron chi connectivity index (χ3n) is 0.773. The molecule has 0 aromatic rings. The molecule has 1 amide bonds. The molecule has 0 saturated heterocycles. The molecule has 0 heterocycles. The summed E-state index contributed by atoms with van der Waals surface area (Å²) in [6.45, 7) is 3.17. The number of thioether (sulfide) groups is 1. The van der Waals surface area contributed by atoms with Crippen molar-refractivity contribution in [2.75, 3.05) is 12.5 Å². The molecule has 0 aliphatic rings. The Hall–Kier alpha value is -0.710. The molecule has 0 radical (unpaired) electrons. The minimum atomic E-state index is -0.360. The smallest absolute Gasteiger partial charge is 0.369 e. The van der Waals surface area contributed by atoms with E-state index < -0.39 is 0 Å². The van der Waals surface area contributed by atoms with Gasteiger partial charge in [-0.3, -0.25) is 4.79 Å². The molecule has 0 bridgehead atoms. The zero-order valence-corrected chi connectivity index (χ0v) is 7.36. The van der Waals surface area contributed by atoms with Gasteiger partial charge >= 0.3 is 5.30 Å². The molecule has 0 saturated carbocycles. The van der Waals surface area contributed by atoms with Gasteiger partial charge in [0.2, 0.25) is 5.91 Å². The fourth-order valence-corrected chi connectivity index (χ4v) is 0.734. The summed E-state index contributed by atoms with van der Waals surface area (Å²) >= 11 is 1.07. The summed E-state index contributed by atoms with van der Waals surface area (Å²) in [4.78, 5) is 20.9. The first-order valence-corrected chi connectivity index (χ1v) is 4.19. The molecule has 0 aliphatic heterocycles. The Morgan fingerprint density at radius 3 is 2.64 bits per heavy atom. The maximum Gasteiger partial charge on any atom is 0.369 e. The first-order valence-electron chi connectivity index (χ1n) is 3.20. The van der Waals surface area contributed by atoms with Crippen molar-refractivity contribution in [3.8, 4) is 0 Å². The van der Waals surface area contributed by atoms with Crippen LogP contribution in [0.2, 0.25) is 0 Å². The van der Waals surface area contributed by atoms with Crippen molar-refractivity contribution >= 4 is 23.0 Å². The predicted octanol–water partition coefficient (Wildman–Crippen LogP) is 0.970. The molecule has 0 aromatic carbocycles. The molecule has 0 aliphatic carbocycles. The second-order valence-corrected chi connectivity index (χ2v) is 2.90. The zero-order valence-electron chi connectivity index (χ0n) is 6.55. The van der Waals surface area contributed by atoms with E-state index in [4.69, 9.17) is 0 Å². The number of nitrogens with one attached hydrogen (secondary N) is 1. The van der Waals surface area contributed by atoms with Crippen molar-refractivity contribution in [2.24, 2.45) is 0 Å². The minimum absolute atomic E-state index is 0.0405. The van der Waals surface area contributed by atoms with Crippen molar-refractivity contribution < 1.29 is 14.3 Å². The summed E-state index contributed by atoms with van der Waals surface area (Å²) in [6, 6.07) is 0. The van der Waals surface area contributed by atoms with Gasteiger partial charge in [0.25, 0.3) is 0 Å². The lowest BCUT2D eigenvalue weighted by Crippen LogP contribution is -2.23. The van der Waals surface area contributed by atoms with Crippen LogP contribution in [0.1, 0.15) is 13.8 Å². The molecule has 0 rings (SSSR count). The van der Waals surface area contributed by atoms with Gasteiger partial charge in [-0.1, -0.05) is 6.92 Å². The molecule has 0 spiro atoms. The van der Waals surface area contributed by atoms with Gasteiger partial charge in [0.1, 0.15) is 0 Å². The van der Waals surface area contributed by atoms with Gasteiger partial charge in [0, 0.05) is 12.7 Å². The Balaban J connectivity index is 3.24. The van der Waals surface area contributed by atoms with E-state index in [-0.39, 0.29) is 17.9 Å². The Morgan fingerprint density at radius 1 is 1.55 bits per heavy atom. The SMILES string of the molecule is CCSC(=O)OCNC(C)=O. The lowest BCUT2D eigenvalue weighted by molar-refractivity contribution is -0.119. The van der Waals surface area contributed by atoms with Crippen LogP contribution >= 0.6 is 11.8 Å². The molecule has 0 unspecified atom stereocenters. The van der Waals surface area contributed by atoms with Gasteiger partial charge < -0.3 is 10.1 Å². The third kappa shape index (κ3) is 7.18. The molecule has 1 N–H and O–H groups in total. The van der Waals surface area contributed by atoms with E-state index in [0.717, 1.165) is 11.8 Å². The maximum atomic E-state index is 10.6. The van der Waals surface area contributed by atoms with Crippen LogP contribution in [0.15, 0.2) is 0 Å². The van der Waals surface area contributed by atoms with Crippen molar-refractivity contribution in [3.63, 3.8) is 0 Å². The highest BCUT2D eigenvalue weighted by Crippen LogP contribution is 2.02. The fourth-order valence-electron chi connectivity index (χ4n) is 0.356. The normalized spacial score (nSPS) is 8.91. The molecule has 0 fully saturated rings. The highest BCUT2D eigenvalue weighted by molar-refractivity contribution is 8.13. The van der Waals surface area contributed by atoms with Gasteiger partial charge in [0.15, 0.2) is 6.73 Å². The average molecular weight is 177 g/mol. The molecule has 4 nitrogen and oxygen atoms in total. The van der Waals surface area contributed by atoms with Crippen LogP contribution in [0.4, 0.5) is 4.79 Å². The summed E-state index contributed by atoms with van der Waals surface area (Å²) in [5.74, 6) is 0.470. The van der Waals surface area contributed by atoms with Crippen molar-refractivity contribution in [1.29, 1.82) is 0 Å². The summed E-state index contributed by atoms with van der Waals surface area (Å²) in [5, 5.41) is 1.98. The van der Waals surface area contributed by atoms with Gasteiger partial charge in [0.05, 0.1) is 0 Å². The lowest BCUT2D eigenvalue weighted by atomic mass is 10.7. The van der Waals surface area contributed by atoms with E-state index in [2.05, 4.69) is 10.1 Å². The van der Waals surface area contributed by atoms with E-state index >= 15 is 0 Å². The first-order chi connectivity index (χ1) is 5.16. The third-order valence-corrected chi connectivity index (χ3v) is 1.42. The second-order valence-electron chi connectivity index (χ2n) is 1.70. The average Bonchev–Trinajstić information content (AvgIpc) is 1.87. The molecule has 0 atom stereocenters. The Kier molecular flexibility index (Phi) is 5.64. The second kappa shape index (κ2) is 6.03. The molecule has 11 heavy (non-hydrogen) atoms. The number of amides is 1. The van der Waals surface area contributed by atoms with Crippen molar-refractivity contribution in [2.45, 2.75) is 13.8 Å². The summed E-state index contributed by atoms with van der Waals surface area (Å²) in [5.41, 5.74) is 0. The standard InChI is InChI=1S/C6H11NO3S/c1-3-11-6(9)10-4-7-5(2)8/h3-4H2,1-2H3,(H,7,8). The van der Waals surface area contributed by atoms with Crippen LogP contribution in [0, 0.1) is 0 Å². The van der Waals surface area contributed by atoms with Gasteiger partial charge in [-0.25, -0.2) is 4.79 Å². The number of rotatable bonds is 3. The van der Waals surface area contributed by atoms with Gasteiger partial charge in [-0.15, -0.1) is 0 Å².